The molecule has 2 saturated heterocycles. The van der Waals surface area contributed by atoms with Crippen molar-refractivity contribution in [3.63, 3.8) is 0 Å². The van der Waals surface area contributed by atoms with Gasteiger partial charge in [0.15, 0.2) is 6.10 Å². The molecule has 0 bridgehead atoms. The van der Waals surface area contributed by atoms with Crippen LogP contribution in [0.3, 0.4) is 0 Å². The monoisotopic (exact) mass is 465 g/mol. The minimum atomic E-state index is -0.973. The Bertz CT molecular complexity index is 1020. The predicted molar refractivity (Wildman–Crippen MR) is 130 cm³/mol. The molecule has 2 aliphatic rings. The molecular weight excluding hydrogens is 434 g/mol. The Hall–Kier alpha value is -3.39. The fourth-order valence-corrected chi connectivity index (χ4v) is 4.17. The third-order valence-electron chi connectivity index (χ3n) is 6.29. The van der Waals surface area contributed by atoms with E-state index in [1.165, 1.54) is 12.5 Å². The van der Waals surface area contributed by atoms with Crippen LogP contribution in [0.2, 0.25) is 0 Å². The van der Waals surface area contributed by atoms with Crippen molar-refractivity contribution in [3.8, 4) is 0 Å². The van der Waals surface area contributed by atoms with Gasteiger partial charge in [0.05, 0.1) is 19.1 Å². The number of amides is 2. The lowest BCUT2D eigenvalue weighted by Crippen LogP contribution is -2.36. The van der Waals surface area contributed by atoms with Crippen LogP contribution in [-0.2, 0) is 30.3 Å². The molecule has 2 heterocycles. The van der Waals surface area contributed by atoms with E-state index in [4.69, 9.17) is 9.47 Å². The Labute approximate surface area is 199 Å². The van der Waals surface area contributed by atoms with Crippen LogP contribution in [0.25, 0.3) is 0 Å². The van der Waals surface area contributed by atoms with Gasteiger partial charge in [-0.05, 0) is 55.3 Å². The summed E-state index contributed by atoms with van der Waals surface area (Å²) in [5.74, 6) is -1.67. The normalized spacial score (nSPS) is 19.1. The van der Waals surface area contributed by atoms with E-state index in [9.17, 15) is 14.4 Å². The van der Waals surface area contributed by atoms with Crippen LogP contribution < -0.4 is 15.1 Å². The zero-order valence-electron chi connectivity index (χ0n) is 19.7. The predicted octanol–water partition coefficient (Wildman–Crippen LogP) is 3.01. The summed E-state index contributed by atoms with van der Waals surface area (Å²) in [5, 5.41) is 2.79. The molecule has 2 amide bonds. The first kappa shape index (κ1) is 23.8. The number of hydrogen-bond donors (Lipinski definition) is 1. The lowest BCUT2D eigenvalue weighted by atomic mass is 10.1. The van der Waals surface area contributed by atoms with E-state index in [1.807, 2.05) is 48.5 Å². The van der Waals surface area contributed by atoms with Crippen LogP contribution in [0.15, 0.2) is 48.5 Å². The molecular formula is C26H31N3O5. The molecule has 0 radical (unpaired) electrons. The number of morpholine rings is 1. The molecule has 0 spiro atoms. The summed E-state index contributed by atoms with van der Waals surface area (Å²) in [7, 11) is 0. The summed E-state index contributed by atoms with van der Waals surface area (Å²) in [6.45, 7) is 6.94. The number of aryl methyl sites for hydroxylation is 1. The number of carbonyl (C=O) groups excluding carboxylic acids is 3. The Morgan fingerprint density at radius 3 is 2.35 bits per heavy atom. The van der Waals surface area contributed by atoms with E-state index in [0.29, 0.717) is 18.9 Å². The zero-order valence-corrected chi connectivity index (χ0v) is 19.7. The van der Waals surface area contributed by atoms with E-state index in [1.54, 1.807) is 4.90 Å². The first-order chi connectivity index (χ1) is 16.4. The van der Waals surface area contributed by atoms with E-state index < -0.39 is 23.9 Å². The number of carbonyl (C=O) groups is 3. The van der Waals surface area contributed by atoms with E-state index >= 15 is 0 Å². The molecule has 8 nitrogen and oxygen atoms in total. The Morgan fingerprint density at radius 1 is 1.06 bits per heavy atom. The molecule has 2 atom stereocenters. The summed E-state index contributed by atoms with van der Waals surface area (Å²) >= 11 is 0. The molecule has 34 heavy (non-hydrogen) atoms. The van der Waals surface area contributed by atoms with Crippen LogP contribution >= 0.6 is 0 Å². The fraction of sp³-hybridized carbons (Fsp3) is 0.423. The van der Waals surface area contributed by atoms with Crippen LogP contribution in [0, 0.1) is 5.92 Å². The number of anilines is 3. The number of ether oxygens (including phenoxy) is 2. The first-order valence-electron chi connectivity index (χ1n) is 11.8. The maximum absolute atomic E-state index is 12.7. The van der Waals surface area contributed by atoms with Gasteiger partial charge in [0.1, 0.15) is 0 Å². The van der Waals surface area contributed by atoms with Crippen molar-refractivity contribution in [3.05, 3.63) is 54.1 Å². The van der Waals surface area contributed by atoms with Crippen molar-refractivity contribution in [2.24, 2.45) is 5.92 Å². The molecule has 2 aromatic rings. The molecule has 4 rings (SSSR count). The number of nitrogens with one attached hydrogen (secondary N) is 1. The molecule has 2 fully saturated rings. The van der Waals surface area contributed by atoms with Crippen molar-refractivity contribution in [2.45, 2.75) is 32.8 Å². The molecule has 0 saturated carbocycles. The summed E-state index contributed by atoms with van der Waals surface area (Å²) < 4.78 is 10.8. The maximum atomic E-state index is 12.7. The van der Waals surface area contributed by atoms with Gasteiger partial charge in [0, 0.05) is 43.1 Å². The van der Waals surface area contributed by atoms with E-state index in [0.717, 1.165) is 30.9 Å². The number of esters is 1. The van der Waals surface area contributed by atoms with E-state index in [2.05, 4.69) is 17.1 Å². The van der Waals surface area contributed by atoms with Gasteiger partial charge in [-0.15, -0.1) is 0 Å². The van der Waals surface area contributed by atoms with Gasteiger partial charge in [-0.2, -0.15) is 0 Å². The molecule has 2 unspecified atom stereocenters. The topological polar surface area (TPSA) is 88.2 Å². The number of nitrogens with zero attached hydrogens (tertiary/aromatic N) is 2. The zero-order chi connectivity index (χ0) is 24.1. The largest absolute Gasteiger partial charge is 0.452 e. The molecule has 1 N–H and O–H groups in total. The lowest BCUT2D eigenvalue weighted by Gasteiger charge is -2.29. The standard InChI is InChI=1S/C26H31N3O5/c1-3-19-4-8-23(9-5-19)29-17-20(16-24(29)30)26(32)34-18(2)25(31)27-21-6-10-22(11-7-21)28-12-14-33-15-13-28/h4-11,18,20H,3,12-17H2,1-2H3,(H,27,31). The fourth-order valence-electron chi connectivity index (χ4n) is 4.17. The minimum absolute atomic E-state index is 0.0751. The van der Waals surface area contributed by atoms with Gasteiger partial charge in [-0.25, -0.2) is 0 Å². The summed E-state index contributed by atoms with van der Waals surface area (Å²) in [5.41, 5.74) is 3.65. The molecule has 180 valence electrons. The van der Waals surface area contributed by atoms with Crippen molar-refractivity contribution in [1.29, 1.82) is 0 Å². The van der Waals surface area contributed by atoms with Crippen molar-refractivity contribution in [2.75, 3.05) is 48.0 Å². The summed E-state index contributed by atoms with van der Waals surface area (Å²) in [4.78, 5) is 41.5. The van der Waals surface area contributed by atoms with Crippen molar-refractivity contribution < 1.29 is 23.9 Å². The smallest absolute Gasteiger partial charge is 0.312 e. The summed E-state index contributed by atoms with van der Waals surface area (Å²) in [6.07, 6.45) is 0.0201. The average molecular weight is 466 g/mol. The number of rotatable bonds is 7. The average Bonchev–Trinajstić information content (AvgIpc) is 3.26. The second-order valence-electron chi connectivity index (χ2n) is 8.64. The maximum Gasteiger partial charge on any atom is 0.312 e. The van der Waals surface area contributed by atoms with Crippen molar-refractivity contribution >= 4 is 34.8 Å². The Kier molecular flexibility index (Phi) is 7.47. The van der Waals surface area contributed by atoms with Crippen LogP contribution in [0.4, 0.5) is 17.1 Å². The SMILES string of the molecule is CCc1ccc(N2CC(C(=O)OC(C)C(=O)Nc3ccc(N4CCOCC4)cc3)CC2=O)cc1. The Balaban J connectivity index is 1.28. The van der Waals surface area contributed by atoms with Crippen LogP contribution in [0.5, 0.6) is 0 Å². The van der Waals surface area contributed by atoms with Gasteiger partial charge in [-0.1, -0.05) is 19.1 Å². The van der Waals surface area contributed by atoms with Crippen molar-refractivity contribution in [1.82, 2.24) is 0 Å². The highest BCUT2D eigenvalue weighted by atomic mass is 16.5. The van der Waals surface area contributed by atoms with Gasteiger partial charge >= 0.3 is 5.97 Å². The van der Waals surface area contributed by atoms with Crippen LogP contribution in [-0.4, -0.2) is 56.7 Å². The quantitative estimate of drug-likeness (QED) is 0.633. The third kappa shape index (κ3) is 5.56. The Morgan fingerprint density at radius 2 is 1.71 bits per heavy atom. The highest BCUT2D eigenvalue weighted by Gasteiger charge is 2.37. The lowest BCUT2D eigenvalue weighted by molar-refractivity contribution is -0.157. The van der Waals surface area contributed by atoms with Crippen LogP contribution in [0.1, 0.15) is 25.8 Å². The number of benzene rings is 2. The minimum Gasteiger partial charge on any atom is -0.452 e. The second-order valence-corrected chi connectivity index (χ2v) is 8.64. The molecule has 2 aliphatic heterocycles. The van der Waals surface area contributed by atoms with Gasteiger partial charge in [0.2, 0.25) is 5.91 Å². The third-order valence-corrected chi connectivity index (χ3v) is 6.29. The number of hydrogen-bond acceptors (Lipinski definition) is 6. The molecule has 2 aromatic carbocycles. The second kappa shape index (κ2) is 10.7. The van der Waals surface area contributed by atoms with Gasteiger partial charge < -0.3 is 24.6 Å². The summed E-state index contributed by atoms with van der Waals surface area (Å²) in [6, 6.07) is 15.3. The molecule has 0 aliphatic carbocycles. The highest BCUT2D eigenvalue weighted by molar-refractivity contribution is 6.00. The molecule has 8 heteroatoms. The first-order valence-corrected chi connectivity index (χ1v) is 11.8. The highest BCUT2D eigenvalue weighted by Crippen LogP contribution is 2.27. The molecule has 0 aromatic heterocycles. The van der Waals surface area contributed by atoms with E-state index in [-0.39, 0.29) is 18.9 Å². The van der Waals surface area contributed by atoms with Gasteiger partial charge in [0.25, 0.3) is 5.91 Å². The van der Waals surface area contributed by atoms with Gasteiger partial charge in [-0.3, -0.25) is 14.4 Å².